The highest BCUT2D eigenvalue weighted by molar-refractivity contribution is 7.80. The fraction of sp³-hybridized carbons (Fsp3) is 0.714. The Bertz CT molecular complexity index is 958. The standard InChI is InChI=1S/C28H50N8O9S2/c37-21(3-11-31-23(39)5-13-33-25(41)7-17-46)29-9-1-15-36(20-27(43)35-19-28(44)45)16-2-10-30-22(38)4-12-32-24(40)6-14-34-26(42)8-18-47/h46-47H,1-20H2,(H,29,37)(H,30,38)(H,31,39)(H,32,40)(H,33,41)(H,34,42)(H,35,43)(H,44,45). The number of carboxylic acids is 1. The predicted molar refractivity (Wildman–Crippen MR) is 180 cm³/mol. The zero-order valence-corrected chi connectivity index (χ0v) is 28.5. The third-order valence-corrected chi connectivity index (χ3v) is 6.57. The van der Waals surface area contributed by atoms with Crippen molar-refractivity contribution in [1.29, 1.82) is 0 Å². The lowest BCUT2D eigenvalue weighted by atomic mass is 10.3. The van der Waals surface area contributed by atoms with Crippen molar-refractivity contribution in [2.45, 2.75) is 51.4 Å². The van der Waals surface area contributed by atoms with Crippen molar-refractivity contribution in [2.75, 3.05) is 77.0 Å². The first-order chi connectivity index (χ1) is 22.5. The number of carboxylic acid groups (broad SMARTS) is 1. The number of nitrogens with one attached hydrogen (secondary N) is 7. The van der Waals surface area contributed by atoms with Crippen LogP contribution >= 0.6 is 25.3 Å². The van der Waals surface area contributed by atoms with Crippen LogP contribution in [0.1, 0.15) is 51.4 Å². The van der Waals surface area contributed by atoms with Crippen LogP contribution in [-0.4, -0.2) is 134 Å². The SMILES string of the molecule is O=C(O)CNC(=O)CN(CCCNC(=O)CCNC(=O)CCNC(=O)CCS)CCCNC(=O)CCNC(=O)CCNC(=O)CCS. The summed E-state index contributed by atoms with van der Waals surface area (Å²) in [5, 5.41) is 27.0. The maximum absolute atomic E-state index is 12.2. The molecule has 0 radical (unpaired) electrons. The first kappa shape index (κ1) is 43.4. The highest BCUT2D eigenvalue weighted by atomic mass is 32.1. The van der Waals surface area contributed by atoms with E-state index in [9.17, 15) is 38.4 Å². The Morgan fingerprint density at radius 2 is 0.766 bits per heavy atom. The first-order valence-electron chi connectivity index (χ1n) is 15.5. The van der Waals surface area contributed by atoms with Gasteiger partial charge in [0.25, 0.3) is 0 Å². The van der Waals surface area contributed by atoms with Crippen molar-refractivity contribution in [3.63, 3.8) is 0 Å². The molecule has 0 aromatic rings. The Morgan fingerprint density at radius 3 is 1.09 bits per heavy atom. The van der Waals surface area contributed by atoms with Gasteiger partial charge in [0.15, 0.2) is 0 Å². The lowest BCUT2D eigenvalue weighted by Gasteiger charge is -2.22. The summed E-state index contributed by atoms with van der Waals surface area (Å²) in [5.74, 6) is -2.30. The molecule has 19 heteroatoms. The van der Waals surface area contributed by atoms with Crippen LogP contribution in [0.25, 0.3) is 0 Å². The lowest BCUT2D eigenvalue weighted by molar-refractivity contribution is -0.138. The van der Waals surface area contributed by atoms with E-state index in [-0.39, 0.29) is 107 Å². The summed E-state index contributed by atoms with van der Waals surface area (Å²) in [6.07, 6.45) is 1.84. The molecule has 8 N–H and O–H groups in total. The van der Waals surface area contributed by atoms with Crippen LogP contribution in [-0.2, 0) is 38.4 Å². The van der Waals surface area contributed by atoms with Crippen LogP contribution in [0.15, 0.2) is 0 Å². The van der Waals surface area contributed by atoms with Gasteiger partial charge in [-0.2, -0.15) is 25.3 Å². The smallest absolute Gasteiger partial charge is 0.322 e. The average Bonchev–Trinajstić information content (AvgIpc) is 3.00. The predicted octanol–water partition coefficient (Wildman–Crippen LogP) is -2.83. The number of amides is 7. The molecule has 17 nitrogen and oxygen atoms in total. The third-order valence-electron chi connectivity index (χ3n) is 6.13. The normalized spacial score (nSPS) is 10.4. The first-order valence-corrected chi connectivity index (χ1v) is 16.8. The molecule has 0 fully saturated rings. The Kier molecular flexibility index (Phi) is 26.4. The van der Waals surface area contributed by atoms with E-state index in [0.717, 1.165) is 0 Å². The molecule has 0 unspecified atom stereocenters. The van der Waals surface area contributed by atoms with Gasteiger partial charge in [-0.25, -0.2) is 0 Å². The monoisotopic (exact) mass is 706 g/mol. The summed E-state index contributed by atoms with van der Waals surface area (Å²) < 4.78 is 0. The largest absolute Gasteiger partial charge is 0.480 e. The molecule has 0 aromatic carbocycles. The van der Waals surface area contributed by atoms with Crippen LogP contribution in [0.2, 0.25) is 0 Å². The minimum atomic E-state index is -1.17. The number of thiol groups is 2. The molecule has 0 heterocycles. The van der Waals surface area contributed by atoms with E-state index in [1.165, 1.54) is 0 Å². The number of hydrogen-bond acceptors (Lipinski definition) is 11. The van der Waals surface area contributed by atoms with E-state index < -0.39 is 18.4 Å². The molecule has 0 bridgehead atoms. The summed E-state index contributed by atoms with van der Waals surface area (Å²) >= 11 is 7.92. The highest BCUT2D eigenvalue weighted by Crippen LogP contribution is 1.96. The Hall–Kier alpha value is -3.58. The van der Waals surface area contributed by atoms with Crippen molar-refractivity contribution in [2.24, 2.45) is 0 Å². The molecule has 0 saturated heterocycles. The van der Waals surface area contributed by atoms with E-state index in [2.05, 4.69) is 62.5 Å². The fourth-order valence-corrected chi connectivity index (χ4v) is 4.17. The second kappa shape index (κ2) is 28.6. The Morgan fingerprint density at radius 1 is 0.447 bits per heavy atom. The van der Waals surface area contributed by atoms with E-state index in [4.69, 9.17) is 5.11 Å². The molecule has 268 valence electrons. The molecule has 0 aliphatic rings. The zero-order valence-electron chi connectivity index (χ0n) is 26.7. The molecular formula is C28H50N8O9S2. The van der Waals surface area contributed by atoms with Gasteiger partial charge in [0.1, 0.15) is 6.54 Å². The topological polar surface area (TPSA) is 244 Å². The summed E-state index contributed by atoms with van der Waals surface area (Å²) in [5.41, 5.74) is 0. The number of carbonyl (C=O) groups is 8. The molecule has 0 rings (SSSR count). The van der Waals surface area contributed by atoms with E-state index in [0.29, 0.717) is 50.5 Å². The van der Waals surface area contributed by atoms with Crippen molar-refractivity contribution in [3.05, 3.63) is 0 Å². The van der Waals surface area contributed by atoms with Gasteiger partial charge in [0.05, 0.1) is 6.54 Å². The van der Waals surface area contributed by atoms with Crippen LogP contribution in [0.4, 0.5) is 0 Å². The molecular weight excluding hydrogens is 656 g/mol. The number of carbonyl (C=O) groups excluding carboxylic acids is 7. The van der Waals surface area contributed by atoms with Gasteiger partial charge in [0, 0.05) is 90.9 Å². The van der Waals surface area contributed by atoms with Gasteiger partial charge in [-0.05, 0) is 24.3 Å². The molecule has 0 atom stereocenters. The van der Waals surface area contributed by atoms with Gasteiger partial charge < -0.3 is 42.3 Å². The molecule has 47 heavy (non-hydrogen) atoms. The van der Waals surface area contributed by atoms with E-state index in [1.807, 2.05) is 0 Å². The number of hydrogen-bond donors (Lipinski definition) is 10. The van der Waals surface area contributed by atoms with Gasteiger partial charge in [0.2, 0.25) is 41.4 Å². The molecule has 0 aromatic heterocycles. The van der Waals surface area contributed by atoms with Crippen LogP contribution in [0.5, 0.6) is 0 Å². The van der Waals surface area contributed by atoms with Crippen molar-refractivity contribution < 1.29 is 43.5 Å². The molecule has 0 saturated carbocycles. The number of rotatable bonds is 28. The minimum Gasteiger partial charge on any atom is -0.480 e. The minimum absolute atomic E-state index is 0.0668. The van der Waals surface area contributed by atoms with E-state index in [1.54, 1.807) is 4.90 Å². The van der Waals surface area contributed by atoms with Gasteiger partial charge >= 0.3 is 5.97 Å². The summed E-state index contributed by atoms with van der Waals surface area (Å²) in [4.78, 5) is 95.3. The highest BCUT2D eigenvalue weighted by Gasteiger charge is 2.13. The maximum Gasteiger partial charge on any atom is 0.322 e. The Labute approximate surface area is 286 Å². The Balaban J connectivity index is 4.32. The van der Waals surface area contributed by atoms with Gasteiger partial charge in [-0.1, -0.05) is 0 Å². The second-order valence-electron chi connectivity index (χ2n) is 10.2. The number of aliphatic carboxylic acids is 1. The number of nitrogens with zero attached hydrogens (tertiary/aromatic N) is 1. The summed E-state index contributed by atoms with van der Waals surface area (Å²) in [7, 11) is 0. The van der Waals surface area contributed by atoms with Crippen molar-refractivity contribution in [3.8, 4) is 0 Å². The van der Waals surface area contributed by atoms with Gasteiger partial charge in [-0.3, -0.25) is 43.3 Å². The summed E-state index contributed by atoms with van der Waals surface area (Å²) in [6, 6.07) is 0. The van der Waals surface area contributed by atoms with Crippen LogP contribution in [0, 0.1) is 0 Å². The summed E-state index contributed by atoms with van der Waals surface area (Å²) in [6.45, 7) is 1.52. The fourth-order valence-electron chi connectivity index (χ4n) is 3.76. The average molecular weight is 707 g/mol. The van der Waals surface area contributed by atoms with Crippen molar-refractivity contribution >= 4 is 72.6 Å². The van der Waals surface area contributed by atoms with Gasteiger partial charge in [-0.15, -0.1) is 0 Å². The second-order valence-corrected chi connectivity index (χ2v) is 11.1. The molecule has 0 aliphatic carbocycles. The third kappa shape index (κ3) is 28.4. The zero-order chi connectivity index (χ0) is 35.3. The maximum atomic E-state index is 12.2. The van der Waals surface area contributed by atoms with Crippen LogP contribution < -0.4 is 37.2 Å². The molecule has 0 spiro atoms. The quantitative estimate of drug-likeness (QED) is 0.0295. The van der Waals surface area contributed by atoms with Crippen LogP contribution in [0.3, 0.4) is 0 Å². The van der Waals surface area contributed by atoms with Crippen molar-refractivity contribution in [1.82, 2.24) is 42.1 Å². The molecule has 0 aliphatic heterocycles. The van der Waals surface area contributed by atoms with E-state index >= 15 is 0 Å². The molecule has 7 amide bonds. The lowest BCUT2D eigenvalue weighted by Crippen LogP contribution is -2.41.